The Hall–Kier alpha value is -2.06. The van der Waals surface area contributed by atoms with E-state index in [1.165, 1.54) is 0 Å². The van der Waals surface area contributed by atoms with Crippen molar-refractivity contribution in [1.82, 2.24) is 4.72 Å². The van der Waals surface area contributed by atoms with Crippen LogP contribution in [0.15, 0.2) is 47.4 Å². The molecule has 0 aliphatic carbocycles. The summed E-state index contributed by atoms with van der Waals surface area (Å²) in [5, 5.41) is 0. The van der Waals surface area contributed by atoms with Crippen molar-refractivity contribution < 1.29 is 26.3 Å². The lowest BCUT2D eigenvalue weighted by Gasteiger charge is -2.10. The molecule has 0 unspecified atom stereocenters. The van der Waals surface area contributed by atoms with E-state index in [4.69, 9.17) is 4.74 Å². The number of sulfonamides is 1. The molecule has 0 saturated heterocycles. The Labute approximate surface area is 137 Å². The molecule has 0 radical (unpaired) electrons. The van der Waals surface area contributed by atoms with Crippen molar-refractivity contribution in [3.8, 4) is 5.75 Å². The van der Waals surface area contributed by atoms with Gasteiger partial charge in [-0.15, -0.1) is 0 Å². The zero-order valence-corrected chi connectivity index (χ0v) is 13.2. The summed E-state index contributed by atoms with van der Waals surface area (Å²) in [4.78, 5) is -0.208. The average molecular weight is 357 g/mol. The second-order valence-corrected chi connectivity index (χ2v) is 7.15. The van der Waals surface area contributed by atoms with Crippen molar-refractivity contribution in [1.29, 1.82) is 0 Å². The Morgan fingerprint density at radius 1 is 1.08 bits per heavy atom. The number of fused-ring (bicyclic) bond motifs is 1. The Kier molecular flexibility index (Phi) is 4.27. The minimum absolute atomic E-state index is 0.0522. The van der Waals surface area contributed by atoms with Gasteiger partial charge < -0.3 is 4.74 Å². The highest BCUT2D eigenvalue weighted by molar-refractivity contribution is 7.89. The molecule has 3 rings (SSSR count). The molecule has 1 heterocycles. The van der Waals surface area contributed by atoms with E-state index in [1.807, 2.05) is 6.07 Å². The molecule has 128 valence electrons. The van der Waals surface area contributed by atoms with E-state index >= 15 is 0 Å². The molecule has 0 amide bonds. The fourth-order valence-electron chi connectivity index (χ4n) is 2.43. The molecule has 1 aliphatic rings. The minimum Gasteiger partial charge on any atom is -0.493 e. The predicted molar refractivity (Wildman–Crippen MR) is 81.1 cm³/mol. The van der Waals surface area contributed by atoms with Crippen molar-refractivity contribution in [3.63, 3.8) is 0 Å². The second kappa shape index (κ2) is 6.10. The molecule has 0 bridgehead atoms. The molecule has 8 heteroatoms. The van der Waals surface area contributed by atoms with Crippen LogP contribution in [0.5, 0.6) is 5.75 Å². The molecule has 0 atom stereocenters. The van der Waals surface area contributed by atoms with Gasteiger partial charge in [0.25, 0.3) is 0 Å². The van der Waals surface area contributed by atoms with Gasteiger partial charge >= 0.3 is 6.18 Å². The summed E-state index contributed by atoms with van der Waals surface area (Å²) in [5.74, 6) is 0.796. The number of hydrogen-bond donors (Lipinski definition) is 1. The van der Waals surface area contributed by atoms with Gasteiger partial charge in [-0.05, 0) is 41.5 Å². The number of halogens is 3. The number of nitrogens with one attached hydrogen (secondary N) is 1. The fourth-order valence-corrected chi connectivity index (χ4v) is 3.45. The number of hydrogen-bond acceptors (Lipinski definition) is 3. The lowest BCUT2D eigenvalue weighted by atomic mass is 10.1. The molecular weight excluding hydrogens is 343 g/mol. The van der Waals surface area contributed by atoms with Crippen LogP contribution < -0.4 is 9.46 Å². The number of rotatable bonds is 4. The first-order valence-corrected chi connectivity index (χ1v) is 8.65. The third-order valence-electron chi connectivity index (χ3n) is 3.71. The molecule has 0 saturated carbocycles. The van der Waals surface area contributed by atoms with E-state index in [-0.39, 0.29) is 11.4 Å². The first-order chi connectivity index (χ1) is 11.3. The van der Waals surface area contributed by atoms with Crippen molar-refractivity contribution in [2.75, 3.05) is 6.61 Å². The van der Waals surface area contributed by atoms with Gasteiger partial charge in [0, 0.05) is 13.0 Å². The van der Waals surface area contributed by atoms with Gasteiger partial charge in [0.05, 0.1) is 17.1 Å². The zero-order chi connectivity index (χ0) is 17.4. The number of alkyl halides is 3. The van der Waals surface area contributed by atoms with Gasteiger partial charge in [0.2, 0.25) is 10.0 Å². The van der Waals surface area contributed by atoms with Gasteiger partial charge in [0.15, 0.2) is 0 Å². The molecule has 4 nitrogen and oxygen atoms in total. The standard InChI is InChI=1S/C16H14F3NO3S/c17-16(18,19)13-2-4-14(5-3-13)24(21,22)20-10-11-1-6-15-12(9-11)7-8-23-15/h1-6,9,20H,7-8,10H2. The fraction of sp³-hybridized carbons (Fsp3) is 0.250. The summed E-state index contributed by atoms with van der Waals surface area (Å²) < 4.78 is 69.7. The maximum atomic E-state index is 12.5. The largest absolute Gasteiger partial charge is 0.493 e. The quantitative estimate of drug-likeness (QED) is 0.915. The first kappa shape index (κ1) is 16.8. The van der Waals surface area contributed by atoms with E-state index in [9.17, 15) is 21.6 Å². The molecular formula is C16H14F3NO3S. The van der Waals surface area contributed by atoms with Gasteiger partial charge in [-0.25, -0.2) is 13.1 Å². The van der Waals surface area contributed by atoms with E-state index in [1.54, 1.807) is 12.1 Å². The van der Waals surface area contributed by atoms with Crippen LogP contribution in [0.1, 0.15) is 16.7 Å². The highest BCUT2D eigenvalue weighted by Crippen LogP contribution is 2.30. The first-order valence-electron chi connectivity index (χ1n) is 7.17. The summed E-state index contributed by atoms with van der Waals surface area (Å²) in [7, 11) is -3.88. The maximum absolute atomic E-state index is 12.5. The Bertz CT molecular complexity index is 846. The maximum Gasteiger partial charge on any atom is 0.416 e. The van der Waals surface area contributed by atoms with Crippen molar-refractivity contribution in [3.05, 3.63) is 59.2 Å². The van der Waals surface area contributed by atoms with Crippen molar-refractivity contribution in [2.24, 2.45) is 0 Å². The summed E-state index contributed by atoms with van der Waals surface area (Å²) in [5.41, 5.74) is 0.885. The molecule has 0 spiro atoms. The lowest BCUT2D eigenvalue weighted by molar-refractivity contribution is -0.137. The monoisotopic (exact) mass is 357 g/mol. The summed E-state index contributed by atoms with van der Waals surface area (Å²) in [6, 6.07) is 8.78. The smallest absolute Gasteiger partial charge is 0.416 e. The van der Waals surface area contributed by atoms with Crippen LogP contribution in [0.4, 0.5) is 13.2 Å². The van der Waals surface area contributed by atoms with Crippen LogP contribution in [0.3, 0.4) is 0 Å². The Morgan fingerprint density at radius 3 is 2.46 bits per heavy atom. The second-order valence-electron chi connectivity index (χ2n) is 5.39. The van der Waals surface area contributed by atoms with Crippen LogP contribution >= 0.6 is 0 Å². The van der Waals surface area contributed by atoms with Crippen LogP contribution in [0.25, 0.3) is 0 Å². The molecule has 24 heavy (non-hydrogen) atoms. The number of ether oxygens (including phenoxy) is 1. The molecule has 1 aliphatic heterocycles. The van der Waals surface area contributed by atoms with Gasteiger partial charge in [-0.2, -0.15) is 13.2 Å². The SMILES string of the molecule is O=S(=O)(NCc1ccc2c(c1)CCO2)c1ccc(C(F)(F)F)cc1. The minimum atomic E-state index is -4.50. The van der Waals surface area contributed by atoms with E-state index in [0.717, 1.165) is 47.6 Å². The molecule has 1 N–H and O–H groups in total. The normalized spacial score (nSPS) is 14.3. The predicted octanol–water partition coefficient (Wildman–Crippen LogP) is 3.12. The summed E-state index contributed by atoms with van der Waals surface area (Å²) in [6.45, 7) is 0.659. The third kappa shape index (κ3) is 3.54. The summed E-state index contributed by atoms with van der Waals surface area (Å²) >= 11 is 0. The van der Waals surface area contributed by atoms with Crippen LogP contribution in [0, 0.1) is 0 Å². The lowest BCUT2D eigenvalue weighted by Crippen LogP contribution is -2.23. The van der Waals surface area contributed by atoms with Crippen LogP contribution in [0.2, 0.25) is 0 Å². The third-order valence-corrected chi connectivity index (χ3v) is 5.13. The average Bonchev–Trinajstić information content (AvgIpc) is 3.00. The Morgan fingerprint density at radius 2 is 1.79 bits per heavy atom. The number of benzene rings is 2. The van der Waals surface area contributed by atoms with Gasteiger partial charge in [0.1, 0.15) is 5.75 Å². The molecule has 2 aromatic carbocycles. The van der Waals surface area contributed by atoms with Crippen LogP contribution in [-0.2, 0) is 29.2 Å². The zero-order valence-electron chi connectivity index (χ0n) is 12.4. The van der Waals surface area contributed by atoms with E-state index < -0.39 is 21.8 Å². The molecule has 2 aromatic rings. The van der Waals surface area contributed by atoms with Crippen molar-refractivity contribution >= 4 is 10.0 Å². The highest BCUT2D eigenvalue weighted by Gasteiger charge is 2.30. The van der Waals surface area contributed by atoms with E-state index in [2.05, 4.69) is 4.72 Å². The highest BCUT2D eigenvalue weighted by atomic mass is 32.2. The topological polar surface area (TPSA) is 55.4 Å². The van der Waals surface area contributed by atoms with Gasteiger partial charge in [-0.1, -0.05) is 12.1 Å². The Balaban J connectivity index is 1.72. The molecule has 0 fully saturated rings. The summed E-state index contributed by atoms with van der Waals surface area (Å²) in [6.07, 6.45) is -3.73. The van der Waals surface area contributed by atoms with E-state index in [0.29, 0.717) is 6.61 Å². The molecule has 0 aromatic heterocycles. The van der Waals surface area contributed by atoms with Crippen LogP contribution in [-0.4, -0.2) is 15.0 Å². The van der Waals surface area contributed by atoms with Crippen molar-refractivity contribution in [2.45, 2.75) is 24.0 Å². The van der Waals surface area contributed by atoms with Gasteiger partial charge in [-0.3, -0.25) is 0 Å².